The van der Waals surface area contributed by atoms with Gasteiger partial charge in [0.15, 0.2) is 0 Å². The van der Waals surface area contributed by atoms with E-state index in [1.165, 1.54) is 12.0 Å². The van der Waals surface area contributed by atoms with Gasteiger partial charge < -0.3 is 5.32 Å². The Bertz CT molecular complexity index is 350. The van der Waals surface area contributed by atoms with E-state index in [1.807, 2.05) is 0 Å². The molecule has 0 aliphatic carbocycles. The number of rotatable bonds is 8. The van der Waals surface area contributed by atoms with E-state index in [9.17, 15) is 0 Å². The summed E-state index contributed by atoms with van der Waals surface area (Å²) in [6.45, 7) is 10.1. The Kier molecular flexibility index (Phi) is 7.66. The van der Waals surface area contributed by atoms with Crippen molar-refractivity contribution < 1.29 is 0 Å². The SMILES string of the molecule is CCCNCC(C)C(C)N(C)Cc1ccc(Br)cc1. The molecule has 2 atom stereocenters. The first-order chi connectivity index (χ1) is 9.04. The fraction of sp³-hybridized carbons (Fsp3) is 0.625. The molecule has 0 saturated carbocycles. The zero-order chi connectivity index (χ0) is 14.3. The second-order valence-corrected chi connectivity index (χ2v) is 6.38. The zero-order valence-electron chi connectivity index (χ0n) is 12.6. The van der Waals surface area contributed by atoms with Gasteiger partial charge in [0, 0.05) is 17.1 Å². The van der Waals surface area contributed by atoms with E-state index in [-0.39, 0.29) is 0 Å². The van der Waals surface area contributed by atoms with Gasteiger partial charge >= 0.3 is 0 Å². The Morgan fingerprint density at radius 1 is 1.21 bits per heavy atom. The Balaban J connectivity index is 2.42. The summed E-state index contributed by atoms with van der Waals surface area (Å²) in [5.41, 5.74) is 1.37. The van der Waals surface area contributed by atoms with Crippen LogP contribution in [0.1, 0.15) is 32.8 Å². The highest BCUT2D eigenvalue weighted by molar-refractivity contribution is 9.10. The molecule has 19 heavy (non-hydrogen) atoms. The number of halogens is 1. The van der Waals surface area contributed by atoms with Crippen LogP contribution in [0.15, 0.2) is 28.7 Å². The van der Waals surface area contributed by atoms with Gasteiger partial charge in [0.25, 0.3) is 0 Å². The molecule has 2 unspecified atom stereocenters. The van der Waals surface area contributed by atoms with Crippen molar-refractivity contribution in [1.29, 1.82) is 0 Å². The van der Waals surface area contributed by atoms with Crippen molar-refractivity contribution in [3.63, 3.8) is 0 Å². The lowest BCUT2D eigenvalue weighted by atomic mass is 10.0. The van der Waals surface area contributed by atoms with Crippen molar-refractivity contribution in [3.8, 4) is 0 Å². The second kappa shape index (κ2) is 8.72. The smallest absolute Gasteiger partial charge is 0.0233 e. The molecular formula is C16H27BrN2. The van der Waals surface area contributed by atoms with Crippen molar-refractivity contribution >= 4 is 15.9 Å². The monoisotopic (exact) mass is 326 g/mol. The maximum Gasteiger partial charge on any atom is 0.0233 e. The Hall–Kier alpha value is -0.380. The van der Waals surface area contributed by atoms with Crippen LogP contribution in [0.2, 0.25) is 0 Å². The molecule has 1 aromatic carbocycles. The number of nitrogens with zero attached hydrogens (tertiary/aromatic N) is 1. The first-order valence-corrected chi connectivity index (χ1v) is 7.99. The van der Waals surface area contributed by atoms with Crippen molar-refractivity contribution in [2.24, 2.45) is 5.92 Å². The number of hydrogen-bond acceptors (Lipinski definition) is 2. The first kappa shape index (κ1) is 16.7. The van der Waals surface area contributed by atoms with Crippen LogP contribution in [0.4, 0.5) is 0 Å². The first-order valence-electron chi connectivity index (χ1n) is 7.20. The molecule has 1 N–H and O–H groups in total. The van der Waals surface area contributed by atoms with Gasteiger partial charge in [-0.15, -0.1) is 0 Å². The Labute approximate surface area is 126 Å². The van der Waals surface area contributed by atoms with Gasteiger partial charge in [-0.1, -0.05) is 41.9 Å². The number of benzene rings is 1. The summed E-state index contributed by atoms with van der Waals surface area (Å²) < 4.78 is 1.14. The van der Waals surface area contributed by atoms with E-state index in [0.29, 0.717) is 12.0 Å². The normalized spacial score (nSPS) is 14.6. The van der Waals surface area contributed by atoms with E-state index in [0.717, 1.165) is 24.1 Å². The molecule has 3 heteroatoms. The summed E-state index contributed by atoms with van der Waals surface area (Å²) in [7, 11) is 2.21. The predicted molar refractivity (Wildman–Crippen MR) is 87.4 cm³/mol. The topological polar surface area (TPSA) is 15.3 Å². The molecule has 0 fully saturated rings. The molecule has 0 amide bonds. The molecule has 0 bridgehead atoms. The van der Waals surface area contributed by atoms with Crippen LogP contribution in [-0.4, -0.2) is 31.1 Å². The van der Waals surface area contributed by atoms with Crippen LogP contribution in [0.5, 0.6) is 0 Å². The summed E-state index contributed by atoms with van der Waals surface area (Å²) >= 11 is 3.48. The van der Waals surface area contributed by atoms with Crippen LogP contribution in [0, 0.1) is 5.92 Å². The maximum atomic E-state index is 3.51. The average Bonchev–Trinajstić information content (AvgIpc) is 2.40. The quantitative estimate of drug-likeness (QED) is 0.729. The lowest BCUT2D eigenvalue weighted by molar-refractivity contribution is 0.189. The van der Waals surface area contributed by atoms with Crippen molar-refractivity contribution in [1.82, 2.24) is 10.2 Å². The average molecular weight is 327 g/mol. The minimum Gasteiger partial charge on any atom is -0.316 e. The molecule has 0 aliphatic heterocycles. The highest BCUT2D eigenvalue weighted by Gasteiger charge is 2.16. The minimum atomic E-state index is 0.577. The van der Waals surface area contributed by atoms with Crippen molar-refractivity contribution in [2.75, 3.05) is 20.1 Å². The summed E-state index contributed by atoms with van der Waals surface area (Å²) in [5, 5.41) is 3.51. The molecule has 0 heterocycles. The Morgan fingerprint density at radius 3 is 2.42 bits per heavy atom. The second-order valence-electron chi connectivity index (χ2n) is 5.46. The van der Waals surface area contributed by atoms with Gasteiger partial charge in [-0.3, -0.25) is 4.90 Å². The molecule has 0 aromatic heterocycles. The summed E-state index contributed by atoms with van der Waals surface area (Å²) in [5.74, 6) is 0.659. The fourth-order valence-corrected chi connectivity index (χ4v) is 2.40. The van der Waals surface area contributed by atoms with Crippen molar-refractivity contribution in [3.05, 3.63) is 34.3 Å². The van der Waals surface area contributed by atoms with Crippen molar-refractivity contribution in [2.45, 2.75) is 39.8 Å². The van der Waals surface area contributed by atoms with E-state index < -0.39 is 0 Å². The Morgan fingerprint density at radius 2 is 1.84 bits per heavy atom. The fourth-order valence-electron chi connectivity index (χ4n) is 2.13. The van der Waals surface area contributed by atoms with Gasteiger partial charge in [0.1, 0.15) is 0 Å². The number of nitrogens with one attached hydrogen (secondary N) is 1. The third-order valence-corrected chi connectivity index (χ3v) is 4.29. The van der Waals surface area contributed by atoms with Gasteiger partial charge in [-0.2, -0.15) is 0 Å². The van der Waals surface area contributed by atoms with E-state index >= 15 is 0 Å². The highest BCUT2D eigenvalue weighted by atomic mass is 79.9. The van der Waals surface area contributed by atoms with Gasteiger partial charge in [0.2, 0.25) is 0 Å². The maximum absolute atomic E-state index is 3.51. The van der Waals surface area contributed by atoms with Gasteiger partial charge in [0.05, 0.1) is 0 Å². The summed E-state index contributed by atoms with van der Waals surface area (Å²) in [6, 6.07) is 9.17. The summed E-state index contributed by atoms with van der Waals surface area (Å²) in [4.78, 5) is 2.43. The lowest BCUT2D eigenvalue weighted by Gasteiger charge is -2.30. The molecule has 0 aliphatic rings. The highest BCUT2D eigenvalue weighted by Crippen LogP contribution is 2.15. The molecule has 0 radical (unpaired) electrons. The van der Waals surface area contributed by atoms with E-state index in [4.69, 9.17) is 0 Å². The van der Waals surface area contributed by atoms with Gasteiger partial charge in [-0.25, -0.2) is 0 Å². The molecule has 0 spiro atoms. The van der Waals surface area contributed by atoms with E-state index in [1.54, 1.807) is 0 Å². The van der Waals surface area contributed by atoms with Crippen LogP contribution in [0.25, 0.3) is 0 Å². The minimum absolute atomic E-state index is 0.577. The zero-order valence-corrected chi connectivity index (χ0v) is 14.2. The summed E-state index contributed by atoms with van der Waals surface area (Å²) in [6.07, 6.45) is 1.20. The predicted octanol–water partition coefficient (Wildman–Crippen LogP) is 3.91. The molecule has 1 aromatic rings. The molecular weight excluding hydrogens is 300 g/mol. The molecule has 2 nitrogen and oxygen atoms in total. The van der Waals surface area contributed by atoms with Crippen LogP contribution >= 0.6 is 15.9 Å². The molecule has 108 valence electrons. The standard InChI is InChI=1S/C16H27BrN2/c1-5-10-18-11-13(2)14(3)19(4)12-15-6-8-16(17)9-7-15/h6-9,13-14,18H,5,10-12H2,1-4H3. The molecule has 1 rings (SSSR count). The third-order valence-electron chi connectivity index (χ3n) is 3.76. The lowest BCUT2D eigenvalue weighted by Crippen LogP contribution is -2.38. The largest absolute Gasteiger partial charge is 0.316 e. The number of hydrogen-bond donors (Lipinski definition) is 1. The van der Waals surface area contributed by atoms with E-state index in [2.05, 4.69) is 78.2 Å². The third kappa shape index (κ3) is 6.07. The molecule has 0 saturated heterocycles. The van der Waals surface area contributed by atoms with Crippen LogP contribution < -0.4 is 5.32 Å². The van der Waals surface area contributed by atoms with Crippen LogP contribution in [-0.2, 0) is 6.54 Å². The van der Waals surface area contributed by atoms with Gasteiger partial charge in [-0.05, 0) is 57.1 Å². The van der Waals surface area contributed by atoms with Crippen LogP contribution in [0.3, 0.4) is 0 Å².